The highest BCUT2D eigenvalue weighted by molar-refractivity contribution is 7.15. The van der Waals surface area contributed by atoms with E-state index in [1.165, 1.54) is 11.3 Å². The average molecular weight is 305 g/mol. The van der Waals surface area contributed by atoms with Crippen LogP contribution in [0.4, 0.5) is 5.13 Å². The Bertz CT molecular complexity index is 656. The lowest BCUT2D eigenvalue weighted by atomic mass is 10.2. The Balaban J connectivity index is 1.66. The first-order valence-electron chi connectivity index (χ1n) is 6.66. The molecule has 2 aromatic rings. The maximum atomic E-state index is 12.2. The average Bonchev–Trinajstić information content (AvgIpc) is 2.95. The Labute approximate surface area is 126 Å². The van der Waals surface area contributed by atoms with E-state index in [1.807, 2.05) is 32.0 Å². The third kappa shape index (κ3) is 2.97. The summed E-state index contributed by atoms with van der Waals surface area (Å²) < 4.78 is 11.2. The van der Waals surface area contributed by atoms with Crippen LogP contribution >= 0.6 is 11.3 Å². The molecule has 0 radical (unpaired) electrons. The molecule has 1 aromatic carbocycles. The Kier molecular flexibility index (Phi) is 3.74. The van der Waals surface area contributed by atoms with Gasteiger partial charge >= 0.3 is 0 Å². The van der Waals surface area contributed by atoms with Gasteiger partial charge in [-0.15, -0.1) is 10.2 Å². The summed E-state index contributed by atoms with van der Waals surface area (Å²) in [5, 5.41) is 12.1. The summed E-state index contributed by atoms with van der Waals surface area (Å²) in [6.45, 7) is 4.24. The predicted molar refractivity (Wildman–Crippen MR) is 79.0 cm³/mol. The topological polar surface area (TPSA) is 73.3 Å². The van der Waals surface area contributed by atoms with Crippen LogP contribution in [0.3, 0.4) is 0 Å². The van der Waals surface area contributed by atoms with Gasteiger partial charge in [-0.05, 0) is 12.1 Å². The highest BCUT2D eigenvalue weighted by Crippen LogP contribution is 2.31. The second-order valence-electron chi connectivity index (χ2n) is 4.95. The molecule has 0 saturated heterocycles. The normalized spacial score (nSPS) is 16.8. The Morgan fingerprint density at radius 2 is 2.10 bits per heavy atom. The summed E-state index contributed by atoms with van der Waals surface area (Å²) in [5.74, 6) is 1.23. The van der Waals surface area contributed by atoms with E-state index in [-0.39, 0.29) is 18.4 Å². The zero-order chi connectivity index (χ0) is 14.8. The van der Waals surface area contributed by atoms with E-state index >= 15 is 0 Å². The van der Waals surface area contributed by atoms with Crippen LogP contribution in [0.2, 0.25) is 0 Å². The van der Waals surface area contributed by atoms with Crippen molar-refractivity contribution < 1.29 is 14.3 Å². The number of amides is 1. The van der Waals surface area contributed by atoms with Crippen molar-refractivity contribution >= 4 is 22.4 Å². The van der Waals surface area contributed by atoms with Gasteiger partial charge in [-0.2, -0.15) is 0 Å². The number of nitrogens with one attached hydrogen (secondary N) is 1. The van der Waals surface area contributed by atoms with Crippen molar-refractivity contribution in [3.8, 4) is 11.5 Å². The van der Waals surface area contributed by atoms with Crippen LogP contribution in [0.25, 0.3) is 0 Å². The fourth-order valence-corrected chi connectivity index (χ4v) is 2.60. The number of carbonyl (C=O) groups excluding carboxylic acids is 1. The van der Waals surface area contributed by atoms with Crippen molar-refractivity contribution in [3.63, 3.8) is 0 Å². The molecule has 1 atom stereocenters. The standard InChI is InChI=1S/C14H15N3O3S/c1-8(2)13-16-17-14(21-13)15-12(18)11-7-19-9-5-3-4-6-10(9)20-11/h3-6,8,11H,7H2,1-2H3,(H,15,17,18)/t11-/m0/s1. The van der Waals surface area contributed by atoms with Crippen molar-refractivity contribution in [2.45, 2.75) is 25.9 Å². The third-order valence-corrected chi connectivity index (χ3v) is 4.10. The molecule has 110 valence electrons. The SMILES string of the molecule is CC(C)c1nnc(NC(=O)[C@@H]2COc3ccccc3O2)s1. The molecule has 0 fully saturated rings. The second-order valence-corrected chi connectivity index (χ2v) is 5.96. The smallest absolute Gasteiger partial charge is 0.270 e. The predicted octanol–water partition coefficient (Wildman–Crippen LogP) is 2.44. The molecular formula is C14H15N3O3S. The van der Waals surface area contributed by atoms with Gasteiger partial charge in [0.2, 0.25) is 11.2 Å². The molecule has 1 amide bonds. The van der Waals surface area contributed by atoms with Gasteiger partial charge in [-0.3, -0.25) is 10.1 Å². The highest BCUT2D eigenvalue weighted by atomic mass is 32.1. The number of hydrogen-bond donors (Lipinski definition) is 1. The molecule has 0 saturated carbocycles. The van der Waals surface area contributed by atoms with Gasteiger partial charge < -0.3 is 9.47 Å². The van der Waals surface area contributed by atoms with E-state index < -0.39 is 6.10 Å². The van der Waals surface area contributed by atoms with Crippen LogP contribution in [0.5, 0.6) is 11.5 Å². The molecule has 1 aliphatic heterocycles. The van der Waals surface area contributed by atoms with Crippen LogP contribution in [0.15, 0.2) is 24.3 Å². The van der Waals surface area contributed by atoms with Crippen molar-refractivity contribution in [2.24, 2.45) is 0 Å². The lowest BCUT2D eigenvalue weighted by Crippen LogP contribution is -2.40. The first kappa shape index (κ1) is 13.8. The van der Waals surface area contributed by atoms with E-state index in [9.17, 15) is 4.79 Å². The number of rotatable bonds is 3. The minimum absolute atomic E-state index is 0.179. The third-order valence-electron chi connectivity index (χ3n) is 2.97. The van der Waals surface area contributed by atoms with Crippen LogP contribution in [-0.2, 0) is 4.79 Å². The Morgan fingerprint density at radius 1 is 1.33 bits per heavy atom. The van der Waals surface area contributed by atoms with Gasteiger partial charge in [0.05, 0.1) is 0 Å². The largest absolute Gasteiger partial charge is 0.485 e. The number of fused-ring (bicyclic) bond motifs is 1. The van der Waals surface area contributed by atoms with E-state index in [2.05, 4.69) is 15.5 Å². The van der Waals surface area contributed by atoms with Crippen LogP contribution in [0, 0.1) is 0 Å². The lowest BCUT2D eigenvalue weighted by molar-refractivity contribution is -0.125. The molecule has 0 aliphatic carbocycles. The number of hydrogen-bond acceptors (Lipinski definition) is 6. The highest BCUT2D eigenvalue weighted by Gasteiger charge is 2.28. The number of ether oxygens (including phenoxy) is 2. The maximum Gasteiger partial charge on any atom is 0.270 e. The minimum Gasteiger partial charge on any atom is -0.485 e. The van der Waals surface area contributed by atoms with Crippen molar-refractivity contribution in [1.82, 2.24) is 10.2 Å². The fraction of sp³-hybridized carbons (Fsp3) is 0.357. The fourth-order valence-electron chi connectivity index (χ4n) is 1.85. The van der Waals surface area contributed by atoms with E-state index in [0.717, 1.165) is 5.01 Å². The van der Waals surface area contributed by atoms with Gasteiger partial charge in [0.15, 0.2) is 11.5 Å². The first-order chi connectivity index (χ1) is 10.1. The molecule has 0 spiro atoms. The van der Waals surface area contributed by atoms with Gasteiger partial charge in [0.1, 0.15) is 11.6 Å². The summed E-state index contributed by atoms with van der Waals surface area (Å²) in [5.41, 5.74) is 0. The van der Waals surface area contributed by atoms with Crippen molar-refractivity contribution in [1.29, 1.82) is 0 Å². The number of anilines is 1. The van der Waals surface area contributed by atoms with Gasteiger partial charge in [0.25, 0.3) is 5.91 Å². The van der Waals surface area contributed by atoms with Crippen molar-refractivity contribution in [2.75, 3.05) is 11.9 Å². The molecule has 0 unspecified atom stereocenters. The first-order valence-corrected chi connectivity index (χ1v) is 7.48. The molecule has 2 heterocycles. The van der Waals surface area contributed by atoms with Crippen LogP contribution in [0.1, 0.15) is 24.8 Å². The molecule has 0 bridgehead atoms. The Morgan fingerprint density at radius 3 is 2.81 bits per heavy atom. The molecule has 1 N–H and O–H groups in total. The molecular weight excluding hydrogens is 290 g/mol. The summed E-state index contributed by atoms with van der Waals surface area (Å²) in [6.07, 6.45) is -0.689. The minimum atomic E-state index is -0.689. The second kappa shape index (κ2) is 5.69. The molecule has 6 nitrogen and oxygen atoms in total. The summed E-state index contributed by atoms with van der Waals surface area (Å²) in [7, 11) is 0. The zero-order valence-corrected chi connectivity index (χ0v) is 12.5. The Hall–Kier alpha value is -2.15. The number of para-hydroxylation sites is 2. The van der Waals surface area contributed by atoms with Gasteiger partial charge in [-0.25, -0.2) is 0 Å². The lowest BCUT2D eigenvalue weighted by Gasteiger charge is -2.25. The zero-order valence-electron chi connectivity index (χ0n) is 11.7. The van der Waals surface area contributed by atoms with Crippen LogP contribution < -0.4 is 14.8 Å². The maximum absolute atomic E-state index is 12.2. The quantitative estimate of drug-likeness (QED) is 0.943. The van der Waals surface area contributed by atoms with Gasteiger partial charge in [-0.1, -0.05) is 37.3 Å². The van der Waals surface area contributed by atoms with E-state index in [4.69, 9.17) is 9.47 Å². The number of carbonyl (C=O) groups is 1. The van der Waals surface area contributed by atoms with Crippen molar-refractivity contribution in [3.05, 3.63) is 29.3 Å². The molecule has 7 heteroatoms. The summed E-state index contributed by atoms with van der Waals surface area (Å²) in [6, 6.07) is 7.28. The molecule has 3 rings (SSSR count). The van der Waals surface area contributed by atoms with E-state index in [0.29, 0.717) is 16.6 Å². The number of nitrogens with zero attached hydrogens (tertiary/aromatic N) is 2. The molecule has 21 heavy (non-hydrogen) atoms. The number of aromatic nitrogens is 2. The summed E-state index contributed by atoms with van der Waals surface area (Å²) >= 11 is 1.37. The molecule has 1 aromatic heterocycles. The van der Waals surface area contributed by atoms with Crippen LogP contribution in [-0.4, -0.2) is 28.8 Å². The number of benzene rings is 1. The summed E-state index contributed by atoms with van der Waals surface area (Å²) in [4.78, 5) is 12.2. The van der Waals surface area contributed by atoms with Gasteiger partial charge in [0, 0.05) is 5.92 Å². The monoisotopic (exact) mass is 305 g/mol. The van der Waals surface area contributed by atoms with E-state index in [1.54, 1.807) is 6.07 Å². The molecule has 1 aliphatic rings.